The molecular weight excluding hydrogens is 318 g/mol. The second-order valence-electron chi connectivity index (χ2n) is 7.13. The minimum Gasteiger partial charge on any atom is -0.444 e. The molecule has 0 fully saturated rings. The van der Waals surface area contributed by atoms with Crippen molar-refractivity contribution in [1.29, 1.82) is 0 Å². The Morgan fingerprint density at radius 1 is 1.20 bits per heavy atom. The summed E-state index contributed by atoms with van der Waals surface area (Å²) < 4.78 is 5.16. The van der Waals surface area contributed by atoms with Gasteiger partial charge in [0.05, 0.1) is 0 Å². The first-order valence-electron chi connectivity index (χ1n) is 8.75. The van der Waals surface area contributed by atoms with Gasteiger partial charge in [-0.05, 0) is 57.7 Å². The molecule has 0 aliphatic heterocycles. The molecule has 0 spiro atoms. The number of amides is 1. The molecule has 0 saturated heterocycles. The minimum absolute atomic E-state index is 0.248. The summed E-state index contributed by atoms with van der Waals surface area (Å²) in [6, 6.07) is 3.96. The molecule has 2 aromatic rings. The molecule has 2 heterocycles. The number of H-pyrrole nitrogens is 1. The van der Waals surface area contributed by atoms with E-state index < -0.39 is 11.7 Å². The van der Waals surface area contributed by atoms with Crippen LogP contribution >= 0.6 is 0 Å². The molecule has 1 amide bonds. The number of carbonyl (C=O) groups excluding carboxylic acids is 2. The number of nitrogens with zero attached hydrogens (tertiary/aromatic N) is 1. The number of aromatic amines is 1. The van der Waals surface area contributed by atoms with Crippen LogP contribution in [0, 0.1) is 0 Å². The molecule has 0 bridgehead atoms. The number of aryl methyl sites for hydroxylation is 1. The predicted molar refractivity (Wildman–Crippen MR) is 97.5 cm³/mol. The second-order valence-corrected chi connectivity index (χ2v) is 7.13. The number of fused-ring (bicyclic) bond motifs is 1. The van der Waals surface area contributed by atoms with Crippen molar-refractivity contribution in [3.05, 3.63) is 30.1 Å². The Bertz CT molecular complexity index is 716. The Hall–Kier alpha value is -2.37. The number of pyridine rings is 1. The number of aromatic nitrogens is 2. The molecular formula is C19H27N3O3. The van der Waals surface area contributed by atoms with Gasteiger partial charge < -0.3 is 15.0 Å². The van der Waals surface area contributed by atoms with Gasteiger partial charge >= 0.3 is 6.09 Å². The molecule has 6 heteroatoms. The summed E-state index contributed by atoms with van der Waals surface area (Å²) in [5.41, 5.74) is 1.52. The van der Waals surface area contributed by atoms with Crippen LogP contribution in [0.2, 0.25) is 0 Å². The topological polar surface area (TPSA) is 84.1 Å². The van der Waals surface area contributed by atoms with E-state index in [9.17, 15) is 9.59 Å². The molecule has 0 radical (unpaired) electrons. The second kappa shape index (κ2) is 8.65. The van der Waals surface area contributed by atoms with E-state index in [0.29, 0.717) is 19.4 Å². The van der Waals surface area contributed by atoms with Crippen LogP contribution in [-0.4, -0.2) is 34.0 Å². The number of hydrogen-bond donors (Lipinski definition) is 2. The molecule has 0 atom stereocenters. The van der Waals surface area contributed by atoms with Crippen LogP contribution < -0.4 is 5.32 Å². The Labute approximate surface area is 148 Å². The van der Waals surface area contributed by atoms with Gasteiger partial charge in [0.15, 0.2) is 0 Å². The van der Waals surface area contributed by atoms with Crippen LogP contribution in [-0.2, 0) is 16.0 Å². The molecule has 0 aliphatic carbocycles. The molecule has 0 aliphatic rings. The van der Waals surface area contributed by atoms with Crippen molar-refractivity contribution < 1.29 is 14.3 Å². The third-order valence-corrected chi connectivity index (χ3v) is 3.77. The van der Waals surface area contributed by atoms with Crippen molar-refractivity contribution in [1.82, 2.24) is 15.3 Å². The molecule has 25 heavy (non-hydrogen) atoms. The Balaban J connectivity index is 1.62. The van der Waals surface area contributed by atoms with E-state index in [2.05, 4.69) is 15.3 Å². The molecule has 0 unspecified atom stereocenters. The normalized spacial score (nSPS) is 11.5. The Morgan fingerprint density at radius 3 is 2.76 bits per heavy atom. The standard InChI is InChI=1S/C19H27N3O3/c1-19(2,3)25-18(24)22-11-5-4-6-15(23)8-7-14-9-12-20-17-16(14)10-13-21-17/h9-10,12-13H,4-8,11H2,1-3H3,(H,20,21)(H,22,24). The zero-order valence-corrected chi connectivity index (χ0v) is 15.2. The smallest absolute Gasteiger partial charge is 0.407 e. The maximum absolute atomic E-state index is 12.0. The van der Waals surface area contributed by atoms with Crippen LogP contribution in [0.4, 0.5) is 4.79 Å². The van der Waals surface area contributed by atoms with Crippen LogP contribution in [0.1, 0.15) is 52.0 Å². The first-order valence-corrected chi connectivity index (χ1v) is 8.75. The van der Waals surface area contributed by atoms with E-state index >= 15 is 0 Å². The summed E-state index contributed by atoms with van der Waals surface area (Å²) >= 11 is 0. The van der Waals surface area contributed by atoms with Gasteiger partial charge in [-0.2, -0.15) is 0 Å². The van der Waals surface area contributed by atoms with Gasteiger partial charge in [0.2, 0.25) is 0 Å². The number of alkyl carbamates (subject to hydrolysis) is 1. The zero-order chi connectivity index (χ0) is 18.3. The van der Waals surface area contributed by atoms with E-state index in [0.717, 1.165) is 35.9 Å². The third-order valence-electron chi connectivity index (χ3n) is 3.77. The van der Waals surface area contributed by atoms with Crippen molar-refractivity contribution in [3.8, 4) is 0 Å². The van der Waals surface area contributed by atoms with Gasteiger partial charge in [-0.3, -0.25) is 4.79 Å². The number of ether oxygens (including phenoxy) is 1. The van der Waals surface area contributed by atoms with Crippen LogP contribution in [0.3, 0.4) is 0 Å². The number of carbonyl (C=O) groups is 2. The number of ketones is 1. The van der Waals surface area contributed by atoms with Crippen LogP contribution in [0.5, 0.6) is 0 Å². The molecule has 2 aromatic heterocycles. The molecule has 6 nitrogen and oxygen atoms in total. The van der Waals surface area contributed by atoms with Crippen LogP contribution in [0.25, 0.3) is 11.0 Å². The van der Waals surface area contributed by atoms with Gasteiger partial charge in [-0.15, -0.1) is 0 Å². The summed E-state index contributed by atoms with van der Waals surface area (Å²) in [5.74, 6) is 0.248. The predicted octanol–water partition coefficient (Wildman–Crippen LogP) is 3.76. The van der Waals surface area contributed by atoms with Gasteiger partial charge in [-0.1, -0.05) is 0 Å². The summed E-state index contributed by atoms with van der Waals surface area (Å²) in [6.45, 7) is 6.01. The lowest BCUT2D eigenvalue weighted by Crippen LogP contribution is -2.33. The largest absolute Gasteiger partial charge is 0.444 e. The lowest BCUT2D eigenvalue weighted by Gasteiger charge is -2.19. The number of nitrogens with one attached hydrogen (secondary N) is 2. The van der Waals surface area contributed by atoms with Crippen molar-refractivity contribution in [2.45, 2.75) is 58.5 Å². The first-order chi connectivity index (χ1) is 11.8. The number of Topliss-reactive ketones (excluding diaryl/α,β-unsaturated/α-hetero) is 1. The zero-order valence-electron chi connectivity index (χ0n) is 15.2. The SMILES string of the molecule is CC(C)(C)OC(=O)NCCCCC(=O)CCc1ccnc2[nH]ccc12. The number of unbranched alkanes of at least 4 members (excludes halogenated alkanes) is 1. The first kappa shape index (κ1) is 19.0. The molecule has 0 saturated carbocycles. The quantitative estimate of drug-likeness (QED) is 0.714. The van der Waals surface area contributed by atoms with E-state index in [1.54, 1.807) is 6.20 Å². The highest BCUT2D eigenvalue weighted by Crippen LogP contribution is 2.17. The molecule has 0 aromatic carbocycles. The molecule has 2 rings (SSSR count). The van der Waals surface area contributed by atoms with Crippen molar-refractivity contribution in [3.63, 3.8) is 0 Å². The van der Waals surface area contributed by atoms with Crippen molar-refractivity contribution in [2.24, 2.45) is 0 Å². The number of hydrogen-bond acceptors (Lipinski definition) is 4. The molecule has 136 valence electrons. The highest BCUT2D eigenvalue weighted by molar-refractivity contribution is 5.82. The van der Waals surface area contributed by atoms with E-state index in [-0.39, 0.29) is 5.78 Å². The summed E-state index contributed by atoms with van der Waals surface area (Å²) in [7, 11) is 0. The lowest BCUT2D eigenvalue weighted by atomic mass is 10.0. The van der Waals surface area contributed by atoms with E-state index in [1.807, 2.05) is 39.1 Å². The fourth-order valence-electron chi connectivity index (χ4n) is 2.59. The molecule has 2 N–H and O–H groups in total. The summed E-state index contributed by atoms with van der Waals surface area (Å²) in [6.07, 6.45) is 6.55. The maximum Gasteiger partial charge on any atom is 0.407 e. The van der Waals surface area contributed by atoms with Crippen molar-refractivity contribution >= 4 is 22.9 Å². The van der Waals surface area contributed by atoms with Gasteiger partial charge in [0, 0.05) is 37.2 Å². The number of rotatable bonds is 8. The minimum atomic E-state index is -0.488. The van der Waals surface area contributed by atoms with Crippen molar-refractivity contribution in [2.75, 3.05) is 6.54 Å². The monoisotopic (exact) mass is 345 g/mol. The van der Waals surface area contributed by atoms with E-state index in [4.69, 9.17) is 4.74 Å². The van der Waals surface area contributed by atoms with E-state index in [1.165, 1.54) is 0 Å². The fraction of sp³-hybridized carbons (Fsp3) is 0.526. The van der Waals surface area contributed by atoms with Crippen LogP contribution in [0.15, 0.2) is 24.5 Å². The summed E-state index contributed by atoms with van der Waals surface area (Å²) in [5, 5.41) is 3.79. The average molecular weight is 345 g/mol. The Morgan fingerprint density at radius 2 is 2.00 bits per heavy atom. The highest BCUT2D eigenvalue weighted by Gasteiger charge is 2.15. The third kappa shape index (κ3) is 6.57. The lowest BCUT2D eigenvalue weighted by molar-refractivity contribution is -0.119. The highest BCUT2D eigenvalue weighted by atomic mass is 16.6. The summed E-state index contributed by atoms with van der Waals surface area (Å²) in [4.78, 5) is 30.9. The van der Waals surface area contributed by atoms with Gasteiger partial charge in [0.25, 0.3) is 0 Å². The average Bonchev–Trinajstić information content (AvgIpc) is 3.00. The maximum atomic E-state index is 12.0. The fourth-order valence-corrected chi connectivity index (χ4v) is 2.59. The Kier molecular flexibility index (Phi) is 6.56. The van der Waals surface area contributed by atoms with Gasteiger partial charge in [-0.25, -0.2) is 9.78 Å². The van der Waals surface area contributed by atoms with Gasteiger partial charge in [0.1, 0.15) is 17.0 Å².